The first kappa shape index (κ1) is 12.2. The lowest BCUT2D eigenvalue weighted by Crippen LogP contribution is -2.18. The van der Waals surface area contributed by atoms with E-state index >= 15 is 0 Å². The number of hydrogen-bond donors (Lipinski definition) is 1. The Hall–Kier alpha value is -2.30. The average molecular weight is 246 g/mol. The molecule has 0 aliphatic rings. The Morgan fingerprint density at radius 2 is 2.00 bits per heavy atom. The van der Waals surface area contributed by atoms with Crippen LogP contribution in [0, 0.1) is 0 Å². The Morgan fingerprint density at radius 3 is 2.56 bits per heavy atom. The van der Waals surface area contributed by atoms with Gasteiger partial charge in [-0.2, -0.15) is 0 Å². The minimum Gasteiger partial charge on any atom is -0.477 e. The van der Waals surface area contributed by atoms with Gasteiger partial charge >= 0.3 is 5.97 Å². The summed E-state index contributed by atoms with van der Waals surface area (Å²) in [5.41, 5.74) is 1.03. The van der Waals surface area contributed by atoms with Gasteiger partial charge in [-0.15, -0.1) is 0 Å². The second-order valence-electron chi connectivity index (χ2n) is 4.38. The normalized spacial score (nSPS) is 10.6. The number of rotatable bonds is 2. The monoisotopic (exact) mass is 246 g/mol. The molecular weight excluding hydrogens is 232 g/mol. The van der Waals surface area contributed by atoms with Crippen molar-refractivity contribution in [2.45, 2.75) is 0 Å². The maximum Gasteiger partial charge on any atom is 0.341 e. The Kier molecular flexibility index (Phi) is 2.82. The first-order valence-corrected chi connectivity index (χ1v) is 5.46. The van der Waals surface area contributed by atoms with E-state index in [1.165, 1.54) is 6.20 Å². The molecule has 0 amide bonds. The maximum absolute atomic E-state index is 12.0. The molecule has 1 aromatic heterocycles. The van der Waals surface area contributed by atoms with Crippen molar-refractivity contribution in [3.05, 3.63) is 40.2 Å². The van der Waals surface area contributed by atoms with Crippen molar-refractivity contribution in [3.8, 4) is 0 Å². The van der Waals surface area contributed by atoms with Crippen molar-refractivity contribution in [1.82, 2.24) is 4.57 Å². The Balaban J connectivity index is 2.84. The Morgan fingerprint density at radius 1 is 1.33 bits per heavy atom. The van der Waals surface area contributed by atoms with Crippen LogP contribution in [0.2, 0.25) is 0 Å². The van der Waals surface area contributed by atoms with Crippen LogP contribution in [0.25, 0.3) is 10.9 Å². The van der Waals surface area contributed by atoms with Crippen LogP contribution in [-0.4, -0.2) is 29.7 Å². The van der Waals surface area contributed by atoms with E-state index in [9.17, 15) is 9.59 Å². The molecule has 1 aromatic carbocycles. The van der Waals surface area contributed by atoms with Crippen LogP contribution in [0.5, 0.6) is 0 Å². The van der Waals surface area contributed by atoms with Crippen LogP contribution in [0.4, 0.5) is 5.69 Å². The molecule has 0 aliphatic heterocycles. The molecule has 0 atom stereocenters. The molecule has 1 N–H and O–H groups in total. The molecule has 0 bridgehead atoms. The van der Waals surface area contributed by atoms with Gasteiger partial charge in [-0.25, -0.2) is 4.79 Å². The first-order valence-electron chi connectivity index (χ1n) is 5.46. The zero-order valence-electron chi connectivity index (χ0n) is 10.5. The number of fused-ring (bicyclic) bond motifs is 1. The highest BCUT2D eigenvalue weighted by Gasteiger charge is 2.13. The molecule has 2 aromatic rings. The molecule has 0 aliphatic carbocycles. The van der Waals surface area contributed by atoms with E-state index in [0.29, 0.717) is 5.39 Å². The molecule has 1 heterocycles. The van der Waals surface area contributed by atoms with Crippen LogP contribution < -0.4 is 10.3 Å². The van der Waals surface area contributed by atoms with Gasteiger partial charge in [0, 0.05) is 38.4 Å². The molecular formula is C13H14N2O3. The van der Waals surface area contributed by atoms with Gasteiger partial charge in [-0.1, -0.05) is 0 Å². The molecule has 5 heteroatoms. The zero-order valence-corrected chi connectivity index (χ0v) is 10.5. The molecule has 0 unspecified atom stereocenters. The minimum atomic E-state index is -1.20. The lowest BCUT2D eigenvalue weighted by molar-refractivity contribution is 0.0695. The second kappa shape index (κ2) is 4.18. The van der Waals surface area contributed by atoms with Gasteiger partial charge in [-0.3, -0.25) is 4.79 Å². The minimum absolute atomic E-state index is 0.206. The molecule has 0 fully saturated rings. The van der Waals surface area contributed by atoms with Crippen molar-refractivity contribution in [2.24, 2.45) is 7.05 Å². The lowest BCUT2D eigenvalue weighted by atomic mass is 10.1. The molecule has 18 heavy (non-hydrogen) atoms. The van der Waals surface area contributed by atoms with E-state index < -0.39 is 11.4 Å². The number of carboxylic acids is 1. The summed E-state index contributed by atoms with van der Waals surface area (Å²) < 4.78 is 1.66. The van der Waals surface area contributed by atoms with E-state index in [2.05, 4.69) is 0 Å². The van der Waals surface area contributed by atoms with Gasteiger partial charge in [0.1, 0.15) is 5.56 Å². The number of anilines is 1. The molecule has 94 valence electrons. The second-order valence-corrected chi connectivity index (χ2v) is 4.38. The van der Waals surface area contributed by atoms with Gasteiger partial charge in [0.15, 0.2) is 0 Å². The number of carboxylic acid groups (broad SMARTS) is 1. The van der Waals surface area contributed by atoms with Gasteiger partial charge < -0.3 is 14.6 Å². The molecule has 0 saturated heterocycles. The lowest BCUT2D eigenvalue weighted by Gasteiger charge is -2.14. The van der Waals surface area contributed by atoms with Crippen LogP contribution >= 0.6 is 0 Å². The number of pyridine rings is 1. The fraction of sp³-hybridized carbons (Fsp3) is 0.231. The summed E-state index contributed by atoms with van der Waals surface area (Å²) in [6, 6.07) is 5.33. The molecule has 0 spiro atoms. The fourth-order valence-corrected chi connectivity index (χ4v) is 1.90. The zero-order chi connectivity index (χ0) is 13.4. The van der Waals surface area contributed by atoms with Crippen LogP contribution in [0.3, 0.4) is 0 Å². The summed E-state index contributed by atoms with van der Waals surface area (Å²) in [5, 5.41) is 9.39. The number of aromatic carboxylic acids is 1. The third-order valence-corrected chi connectivity index (χ3v) is 2.92. The van der Waals surface area contributed by atoms with Crippen molar-refractivity contribution < 1.29 is 9.90 Å². The van der Waals surface area contributed by atoms with Crippen LogP contribution in [0.1, 0.15) is 10.4 Å². The summed E-state index contributed by atoms with van der Waals surface area (Å²) in [5.74, 6) is -1.20. The average Bonchev–Trinajstić information content (AvgIpc) is 2.32. The Labute approximate surface area is 104 Å². The van der Waals surface area contributed by atoms with Crippen molar-refractivity contribution in [2.75, 3.05) is 19.0 Å². The largest absolute Gasteiger partial charge is 0.477 e. The summed E-state index contributed by atoms with van der Waals surface area (Å²) in [6.07, 6.45) is 1.35. The van der Waals surface area contributed by atoms with E-state index in [0.717, 1.165) is 11.2 Å². The third-order valence-electron chi connectivity index (χ3n) is 2.92. The van der Waals surface area contributed by atoms with E-state index in [1.54, 1.807) is 23.7 Å². The topological polar surface area (TPSA) is 62.5 Å². The number of hydrogen-bond acceptors (Lipinski definition) is 3. The maximum atomic E-state index is 12.0. The van der Waals surface area contributed by atoms with Gasteiger partial charge in [0.05, 0.1) is 5.52 Å². The quantitative estimate of drug-likeness (QED) is 0.867. The smallest absolute Gasteiger partial charge is 0.341 e. The van der Waals surface area contributed by atoms with Gasteiger partial charge in [-0.05, 0) is 18.2 Å². The number of benzene rings is 1. The summed E-state index contributed by atoms with van der Waals surface area (Å²) in [6.45, 7) is 0. The van der Waals surface area contributed by atoms with Crippen LogP contribution in [0.15, 0.2) is 29.2 Å². The van der Waals surface area contributed by atoms with E-state index in [-0.39, 0.29) is 5.56 Å². The third kappa shape index (κ3) is 1.84. The molecule has 0 saturated carbocycles. The first-order chi connectivity index (χ1) is 8.41. The summed E-state index contributed by atoms with van der Waals surface area (Å²) in [7, 11) is 5.55. The predicted octanol–water partition coefficient (Wildman–Crippen LogP) is 1.30. The fourth-order valence-electron chi connectivity index (χ4n) is 1.90. The number of nitrogens with zero attached hydrogens (tertiary/aromatic N) is 2. The summed E-state index contributed by atoms with van der Waals surface area (Å²) >= 11 is 0. The molecule has 2 rings (SSSR count). The highest BCUT2D eigenvalue weighted by Crippen LogP contribution is 2.18. The number of aromatic nitrogens is 1. The van der Waals surface area contributed by atoms with Crippen molar-refractivity contribution >= 4 is 22.6 Å². The van der Waals surface area contributed by atoms with Gasteiger partial charge in [0.2, 0.25) is 5.43 Å². The standard InChI is InChI=1S/C13H14N2O3/c1-14(2)8-4-5-9-11(6-8)15(3)7-10(12(9)16)13(17)18/h4-7H,1-3H3,(H,17,18). The van der Waals surface area contributed by atoms with E-state index in [4.69, 9.17) is 5.11 Å². The van der Waals surface area contributed by atoms with E-state index in [1.807, 2.05) is 25.1 Å². The van der Waals surface area contributed by atoms with Crippen LogP contribution in [-0.2, 0) is 7.05 Å². The SMILES string of the molecule is CN(C)c1ccc2c(=O)c(C(=O)O)cn(C)c2c1. The Bertz CT molecular complexity index is 686. The predicted molar refractivity (Wildman–Crippen MR) is 70.5 cm³/mol. The van der Waals surface area contributed by atoms with Crippen molar-refractivity contribution in [1.29, 1.82) is 0 Å². The molecule has 0 radical (unpaired) electrons. The molecule has 5 nitrogen and oxygen atoms in total. The number of carbonyl (C=O) groups is 1. The summed E-state index contributed by atoms with van der Waals surface area (Å²) in [4.78, 5) is 24.9. The van der Waals surface area contributed by atoms with Crippen molar-refractivity contribution in [3.63, 3.8) is 0 Å². The van der Waals surface area contributed by atoms with Gasteiger partial charge in [0.25, 0.3) is 0 Å². The number of aryl methyl sites for hydroxylation is 1. The highest BCUT2D eigenvalue weighted by atomic mass is 16.4. The highest BCUT2D eigenvalue weighted by molar-refractivity contribution is 5.93.